The zero-order valence-electron chi connectivity index (χ0n) is 16.6. The second-order valence-corrected chi connectivity index (χ2v) is 7.05. The zero-order valence-corrected chi connectivity index (χ0v) is 16.6. The summed E-state index contributed by atoms with van der Waals surface area (Å²) in [5.74, 6) is 2.24. The summed E-state index contributed by atoms with van der Waals surface area (Å²) < 4.78 is 10.9. The van der Waals surface area contributed by atoms with E-state index >= 15 is 0 Å². The van der Waals surface area contributed by atoms with Crippen molar-refractivity contribution in [2.75, 3.05) is 39.9 Å². The van der Waals surface area contributed by atoms with Gasteiger partial charge < -0.3 is 19.4 Å². The Hall–Kier alpha value is -2.34. The van der Waals surface area contributed by atoms with Gasteiger partial charge in [-0.05, 0) is 32.4 Å². The molecule has 1 aromatic heterocycles. The second kappa shape index (κ2) is 9.55. The molecule has 3 rings (SSSR count). The maximum absolute atomic E-state index is 5.64. The molecule has 27 heavy (non-hydrogen) atoms. The van der Waals surface area contributed by atoms with Crippen LogP contribution in [0.4, 0.5) is 0 Å². The lowest BCUT2D eigenvalue weighted by Gasteiger charge is -2.21. The fourth-order valence-corrected chi connectivity index (χ4v) is 3.35. The normalized spacial score (nSPS) is 17.5. The van der Waals surface area contributed by atoms with Crippen LogP contribution in [-0.2, 0) is 11.2 Å². The van der Waals surface area contributed by atoms with Gasteiger partial charge in [-0.1, -0.05) is 17.7 Å². The van der Waals surface area contributed by atoms with Gasteiger partial charge in [-0.2, -0.15) is 0 Å². The van der Waals surface area contributed by atoms with Crippen LogP contribution in [0.3, 0.4) is 0 Å². The van der Waals surface area contributed by atoms with Crippen LogP contribution in [0.2, 0.25) is 0 Å². The summed E-state index contributed by atoms with van der Waals surface area (Å²) in [5, 5.41) is 3.40. The Morgan fingerprint density at radius 1 is 1.37 bits per heavy atom. The lowest BCUT2D eigenvalue weighted by molar-refractivity contribution is 0.157. The van der Waals surface area contributed by atoms with Crippen molar-refractivity contribution < 1.29 is 9.15 Å². The van der Waals surface area contributed by atoms with E-state index in [1.54, 1.807) is 13.4 Å². The Kier molecular flexibility index (Phi) is 6.87. The van der Waals surface area contributed by atoms with Gasteiger partial charge in [0.15, 0.2) is 5.96 Å². The van der Waals surface area contributed by atoms with Crippen LogP contribution in [0.1, 0.15) is 24.6 Å². The van der Waals surface area contributed by atoms with Crippen LogP contribution in [0.25, 0.3) is 11.5 Å². The first-order valence-corrected chi connectivity index (χ1v) is 9.73. The lowest BCUT2D eigenvalue weighted by Crippen LogP contribution is -2.40. The number of hydrogen-bond acceptors (Lipinski definition) is 4. The van der Waals surface area contributed by atoms with Crippen molar-refractivity contribution >= 4 is 5.96 Å². The number of hydrogen-bond donors (Lipinski definition) is 1. The van der Waals surface area contributed by atoms with Crippen molar-refractivity contribution in [3.8, 4) is 11.5 Å². The fraction of sp³-hybridized carbons (Fsp3) is 0.524. The molecule has 1 unspecified atom stereocenters. The average molecular weight is 370 g/mol. The predicted octanol–water partition coefficient (Wildman–Crippen LogP) is 3.13. The number of aliphatic imine (C=N–C) groups is 1. The third kappa shape index (κ3) is 5.32. The molecule has 1 N–H and O–H groups in total. The Bertz CT molecular complexity index is 739. The zero-order chi connectivity index (χ0) is 19.1. The standard InChI is InChI=1S/C21H30N4O2/c1-4-22-21(25-12-10-17(13-25)14-26-3)23-11-9-19-15-27-20(24-19)18-7-5-16(2)6-8-18/h5-8,15,17H,4,9-14H2,1-3H3,(H,22,23). The highest BCUT2D eigenvalue weighted by Crippen LogP contribution is 2.19. The molecule has 1 atom stereocenters. The van der Waals surface area contributed by atoms with E-state index < -0.39 is 0 Å². The molecule has 146 valence electrons. The molecular formula is C21H30N4O2. The van der Waals surface area contributed by atoms with E-state index in [0.29, 0.717) is 18.4 Å². The summed E-state index contributed by atoms with van der Waals surface area (Å²) in [6.45, 7) is 8.57. The quantitative estimate of drug-likeness (QED) is 0.599. The summed E-state index contributed by atoms with van der Waals surface area (Å²) in [4.78, 5) is 11.7. The number of benzene rings is 1. The monoisotopic (exact) mass is 370 g/mol. The summed E-state index contributed by atoms with van der Waals surface area (Å²) in [7, 11) is 1.77. The fourth-order valence-electron chi connectivity index (χ4n) is 3.35. The molecule has 1 aliphatic rings. The first-order chi connectivity index (χ1) is 13.2. The van der Waals surface area contributed by atoms with Crippen molar-refractivity contribution in [3.63, 3.8) is 0 Å². The van der Waals surface area contributed by atoms with Gasteiger partial charge in [0.2, 0.25) is 5.89 Å². The molecule has 0 amide bonds. The molecule has 2 aromatic rings. The maximum Gasteiger partial charge on any atom is 0.226 e. The van der Waals surface area contributed by atoms with E-state index in [0.717, 1.165) is 56.3 Å². The van der Waals surface area contributed by atoms with Crippen molar-refractivity contribution in [1.82, 2.24) is 15.2 Å². The Labute approximate surface area is 161 Å². The lowest BCUT2D eigenvalue weighted by atomic mass is 10.1. The van der Waals surface area contributed by atoms with Crippen LogP contribution in [-0.4, -0.2) is 55.7 Å². The topological polar surface area (TPSA) is 62.9 Å². The van der Waals surface area contributed by atoms with Gasteiger partial charge in [-0.3, -0.25) is 4.99 Å². The molecule has 0 radical (unpaired) electrons. The number of nitrogens with zero attached hydrogens (tertiary/aromatic N) is 3. The highest BCUT2D eigenvalue weighted by Gasteiger charge is 2.24. The summed E-state index contributed by atoms with van der Waals surface area (Å²) in [6, 6.07) is 8.21. The van der Waals surface area contributed by atoms with Gasteiger partial charge >= 0.3 is 0 Å². The minimum absolute atomic E-state index is 0.589. The van der Waals surface area contributed by atoms with Crippen LogP contribution >= 0.6 is 0 Å². The van der Waals surface area contributed by atoms with Crippen LogP contribution < -0.4 is 5.32 Å². The minimum Gasteiger partial charge on any atom is -0.444 e. The number of ether oxygens (including phenoxy) is 1. The number of aromatic nitrogens is 1. The maximum atomic E-state index is 5.64. The summed E-state index contributed by atoms with van der Waals surface area (Å²) in [5.41, 5.74) is 3.17. The smallest absolute Gasteiger partial charge is 0.226 e. The Morgan fingerprint density at radius 2 is 2.19 bits per heavy atom. The number of rotatable bonds is 7. The van der Waals surface area contributed by atoms with Crippen molar-refractivity contribution in [2.45, 2.75) is 26.7 Å². The van der Waals surface area contributed by atoms with Gasteiger partial charge in [-0.25, -0.2) is 4.98 Å². The molecule has 0 aliphatic carbocycles. The average Bonchev–Trinajstić information content (AvgIpc) is 3.32. The van der Waals surface area contributed by atoms with E-state index in [9.17, 15) is 0 Å². The van der Waals surface area contributed by atoms with Gasteiger partial charge in [0.05, 0.1) is 12.3 Å². The summed E-state index contributed by atoms with van der Waals surface area (Å²) in [6.07, 6.45) is 3.66. The molecule has 0 saturated carbocycles. The summed E-state index contributed by atoms with van der Waals surface area (Å²) >= 11 is 0. The first-order valence-electron chi connectivity index (χ1n) is 9.73. The van der Waals surface area contributed by atoms with Crippen molar-refractivity contribution in [1.29, 1.82) is 0 Å². The van der Waals surface area contributed by atoms with Crippen LogP contribution in [0.15, 0.2) is 39.9 Å². The number of likely N-dealkylation sites (tertiary alicyclic amines) is 1. The molecule has 1 aromatic carbocycles. The van der Waals surface area contributed by atoms with E-state index in [1.165, 1.54) is 5.56 Å². The molecule has 6 nitrogen and oxygen atoms in total. The van der Waals surface area contributed by atoms with E-state index in [4.69, 9.17) is 14.1 Å². The van der Waals surface area contributed by atoms with Crippen LogP contribution in [0, 0.1) is 12.8 Å². The number of nitrogens with one attached hydrogen (secondary N) is 1. The Balaban J connectivity index is 1.57. The molecule has 0 spiro atoms. The molecular weight excluding hydrogens is 340 g/mol. The highest BCUT2D eigenvalue weighted by atomic mass is 16.5. The molecule has 2 heterocycles. The number of guanidine groups is 1. The number of methoxy groups -OCH3 is 1. The molecule has 1 fully saturated rings. The predicted molar refractivity (Wildman–Crippen MR) is 108 cm³/mol. The Morgan fingerprint density at radius 3 is 2.93 bits per heavy atom. The van der Waals surface area contributed by atoms with Crippen molar-refractivity contribution in [2.24, 2.45) is 10.9 Å². The number of aryl methyl sites for hydroxylation is 1. The van der Waals surface area contributed by atoms with E-state index in [-0.39, 0.29) is 0 Å². The third-order valence-electron chi connectivity index (χ3n) is 4.80. The molecule has 0 bridgehead atoms. The highest BCUT2D eigenvalue weighted by molar-refractivity contribution is 5.80. The van der Waals surface area contributed by atoms with E-state index in [2.05, 4.69) is 41.2 Å². The van der Waals surface area contributed by atoms with Crippen molar-refractivity contribution in [3.05, 3.63) is 41.8 Å². The third-order valence-corrected chi connectivity index (χ3v) is 4.80. The number of oxazole rings is 1. The largest absolute Gasteiger partial charge is 0.444 e. The molecule has 6 heteroatoms. The second-order valence-electron chi connectivity index (χ2n) is 7.05. The van der Waals surface area contributed by atoms with E-state index in [1.807, 2.05) is 12.1 Å². The SMILES string of the molecule is CCNC(=NCCc1coc(-c2ccc(C)cc2)n1)N1CCC(COC)C1. The van der Waals surface area contributed by atoms with Gasteiger partial charge in [0, 0.05) is 51.2 Å². The molecule has 1 aliphatic heterocycles. The van der Waals surface area contributed by atoms with Gasteiger partial charge in [0.1, 0.15) is 6.26 Å². The van der Waals surface area contributed by atoms with Gasteiger partial charge in [-0.15, -0.1) is 0 Å². The minimum atomic E-state index is 0.589. The van der Waals surface area contributed by atoms with Gasteiger partial charge in [0.25, 0.3) is 0 Å². The molecule has 1 saturated heterocycles. The first kappa shape index (κ1) is 19.4. The van der Waals surface area contributed by atoms with Crippen LogP contribution in [0.5, 0.6) is 0 Å².